The van der Waals surface area contributed by atoms with Crippen LogP contribution in [0.1, 0.15) is 52.4 Å². The second-order valence-corrected chi connectivity index (χ2v) is 6.74. The van der Waals surface area contributed by atoms with Gasteiger partial charge in [-0.15, -0.1) is 6.58 Å². The Balaban J connectivity index is 2.31. The molecule has 5 heteroatoms. The van der Waals surface area contributed by atoms with E-state index in [9.17, 15) is 19.5 Å². The smallest absolute Gasteiger partial charge is 0.223 e. The summed E-state index contributed by atoms with van der Waals surface area (Å²) in [6.45, 7) is 7.11. The molecule has 0 bridgehead atoms. The van der Waals surface area contributed by atoms with Gasteiger partial charge in [0.2, 0.25) is 17.3 Å². The lowest BCUT2D eigenvalue weighted by atomic mass is 9.72. The number of carbonyl (C=O) groups is 3. The summed E-state index contributed by atoms with van der Waals surface area (Å²) in [6, 6.07) is -0.245. The minimum absolute atomic E-state index is 0.0608. The van der Waals surface area contributed by atoms with Crippen molar-refractivity contribution in [1.29, 1.82) is 0 Å². The van der Waals surface area contributed by atoms with E-state index in [1.807, 2.05) is 0 Å². The summed E-state index contributed by atoms with van der Waals surface area (Å²) in [6.07, 6.45) is 4.36. The zero-order valence-electron chi connectivity index (χ0n) is 13.7. The zero-order chi connectivity index (χ0) is 17.0. The Labute approximate surface area is 136 Å². The lowest BCUT2D eigenvalue weighted by Crippen LogP contribution is -2.68. The molecule has 0 radical (unpaired) electrons. The van der Waals surface area contributed by atoms with Gasteiger partial charge in [-0.2, -0.15) is 0 Å². The van der Waals surface area contributed by atoms with Crippen molar-refractivity contribution in [2.45, 2.75) is 69.6 Å². The van der Waals surface area contributed by atoms with Crippen molar-refractivity contribution in [3.63, 3.8) is 0 Å². The highest BCUT2D eigenvalue weighted by Crippen LogP contribution is 2.56. The molecule has 5 nitrogen and oxygen atoms in total. The van der Waals surface area contributed by atoms with Gasteiger partial charge in [-0.25, -0.2) is 0 Å². The number of amides is 1. The van der Waals surface area contributed by atoms with Gasteiger partial charge in [0.1, 0.15) is 5.54 Å². The number of hydrogen-bond acceptors (Lipinski definition) is 4. The fourth-order valence-electron chi connectivity index (χ4n) is 4.83. The molecular weight excluding hydrogens is 294 g/mol. The molecule has 3 atom stereocenters. The van der Waals surface area contributed by atoms with Crippen molar-refractivity contribution in [2.24, 2.45) is 0 Å². The van der Waals surface area contributed by atoms with Gasteiger partial charge in [0.25, 0.3) is 0 Å². The predicted octanol–water partition coefficient (Wildman–Crippen LogP) is 1.70. The van der Waals surface area contributed by atoms with Crippen molar-refractivity contribution in [3.05, 3.63) is 23.8 Å². The van der Waals surface area contributed by atoms with E-state index in [0.717, 1.165) is 5.57 Å². The first-order chi connectivity index (χ1) is 10.9. The summed E-state index contributed by atoms with van der Waals surface area (Å²) >= 11 is 0. The van der Waals surface area contributed by atoms with Gasteiger partial charge < -0.3 is 10.0 Å². The van der Waals surface area contributed by atoms with E-state index >= 15 is 0 Å². The third-order valence-electron chi connectivity index (χ3n) is 5.85. The molecule has 0 aromatic rings. The van der Waals surface area contributed by atoms with Gasteiger partial charge in [-0.1, -0.05) is 13.0 Å². The molecule has 3 aliphatic rings. The summed E-state index contributed by atoms with van der Waals surface area (Å²) in [4.78, 5) is 39.8. The number of rotatable bonds is 3. The molecule has 1 spiro atoms. The van der Waals surface area contributed by atoms with Crippen LogP contribution in [0.3, 0.4) is 0 Å². The highest BCUT2D eigenvalue weighted by Gasteiger charge is 2.72. The second-order valence-electron chi connectivity index (χ2n) is 6.74. The van der Waals surface area contributed by atoms with Gasteiger partial charge in [-0.05, 0) is 43.8 Å². The highest BCUT2D eigenvalue weighted by molar-refractivity contribution is 6.22. The molecule has 0 unspecified atom stereocenters. The van der Waals surface area contributed by atoms with Crippen LogP contribution in [0.2, 0.25) is 0 Å². The molecule has 1 amide bonds. The van der Waals surface area contributed by atoms with Crippen molar-refractivity contribution >= 4 is 17.5 Å². The molecule has 0 saturated carbocycles. The maximum absolute atomic E-state index is 12.9. The monoisotopic (exact) mass is 317 g/mol. The molecule has 0 aromatic carbocycles. The third-order valence-corrected chi connectivity index (χ3v) is 5.85. The van der Waals surface area contributed by atoms with Crippen molar-refractivity contribution in [1.82, 2.24) is 4.90 Å². The molecule has 1 N–H and O–H groups in total. The van der Waals surface area contributed by atoms with Crippen molar-refractivity contribution in [2.75, 3.05) is 0 Å². The molecule has 1 aliphatic carbocycles. The number of Topliss-reactive ketones (excluding diaryl/α,β-unsaturated/α-hetero) is 2. The SMILES string of the molecule is C=C[C@H]1CC[C@]23C(=C(C)C(=O)[C@]2(O)C(=O)CC)CCCC(=O)N13. The van der Waals surface area contributed by atoms with Crippen LogP contribution in [0.15, 0.2) is 23.8 Å². The van der Waals surface area contributed by atoms with E-state index in [-0.39, 0.29) is 18.4 Å². The molecule has 2 fully saturated rings. The first-order valence-electron chi connectivity index (χ1n) is 8.31. The Morgan fingerprint density at radius 1 is 1.43 bits per heavy atom. The zero-order valence-corrected chi connectivity index (χ0v) is 13.7. The van der Waals surface area contributed by atoms with Crippen LogP contribution in [-0.4, -0.2) is 44.7 Å². The minimum atomic E-state index is -2.14. The molecular formula is C18H23NO4. The van der Waals surface area contributed by atoms with Gasteiger partial charge >= 0.3 is 0 Å². The average Bonchev–Trinajstić information content (AvgIpc) is 2.96. The van der Waals surface area contributed by atoms with Gasteiger partial charge in [-0.3, -0.25) is 14.4 Å². The van der Waals surface area contributed by atoms with Crippen LogP contribution in [0.5, 0.6) is 0 Å². The second kappa shape index (κ2) is 5.13. The molecule has 124 valence electrons. The molecule has 3 rings (SSSR count). The van der Waals surface area contributed by atoms with E-state index in [1.54, 1.807) is 24.8 Å². The van der Waals surface area contributed by atoms with E-state index in [0.29, 0.717) is 37.7 Å². The normalized spacial score (nSPS) is 36.8. The largest absolute Gasteiger partial charge is 0.372 e. The quantitative estimate of drug-likeness (QED) is 0.635. The van der Waals surface area contributed by atoms with Crippen LogP contribution in [0, 0.1) is 0 Å². The molecule has 2 saturated heterocycles. The summed E-state index contributed by atoms with van der Waals surface area (Å²) in [5.41, 5.74) is -2.10. The number of ketones is 2. The Kier molecular flexibility index (Phi) is 3.59. The molecule has 0 aromatic heterocycles. The maximum atomic E-state index is 12.9. The van der Waals surface area contributed by atoms with E-state index in [2.05, 4.69) is 6.58 Å². The van der Waals surface area contributed by atoms with Gasteiger partial charge in [0.15, 0.2) is 5.78 Å². The molecule has 2 heterocycles. The van der Waals surface area contributed by atoms with Gasteiger partial charge in [0, 0.05) is 12.8 Å². The molecule has 23 heavy (non-hydrogen) atoms. The van der Waals surface area contributed by atoms with Crippen LogP contribution < -0.4 is 0 Å². The minimum Gasteiger partial charge on any atom is -0.372 e. The fraction of sp³-hybridized carbons (Fsp3) is 0.611. The Bertz CT molecular complexity index is 649. The van der Waals surface area contributed by atoms with Crippen LogP contribution in [0.4, 0.5) is 0 Å². The standard InChI is InChI=1S/C18H23NO4/c1-4-12-9-10-17-13(7-6-8-15(21)19(12)17)11(3)16(22)18(17,23)14(20)5-2/h4,12,23H,1,5-10H2,2-3H3/t12-,17-,18+/m0/s1. The summed E-state index contributed by atoms with van der Waals surface area (Å²) < 4.78 is 0. The van der Waals surface area contributed by atoms with E-state index in [1.165, 1.54) is 0 Å². The lowest BCUT2D eigenvalue weighted by Gasteiger charge is -2.46. The van der Waals surface area contributed by atoms with E-state index in [4.69, 9.17) is 0 Å². The fourth-order valence-corrected chi connectivity index (χ4v) is 4.83. The first-order valence-corrected chi connectivity index (χ1v) is 8.31. The summed E-state index contributed by atoms with van der Waals surface area (Å²) in [7, 11) is 0. The van der Waals surface area contributed by atoms with Crippen molar-refractivity contribution in [3.8, 4) is 0 Å². The Morgan fingerprint density at radius 2 is 2.13 bits per heavy atom. The Morgan fingerprint density at radius 3 is 2.74 bits per heavy atom. The molecule has 2 aliphatic heterocycles. The average molecular weight is 317 g/mol. The lowest BCUT2D eigenvalue weighted by molar-refractivity contribution is -0.163. The van der Waals surface area contributed by atoms with Crippen molar-refractivity contribution < 1.29 is 19.5 Å². The van der Waals surface area contributed by atoms with E-state index < -0.39 is 22.7 Å². The summed E-state index contributed by atoms with van der Waals surface area (Å²) in [5, 5.41) is 11.3. The predicted molar refractivity (Wildman–Crippen MR) is 84.6 cm³/mol. The maximum Gasteiger partial charge on any atom is 0.223 e. The van der Waals surface area contributed by atoms with Gasteiger partial charge in [0.05, 0.1) is 6.04 Å². The van der Waals surface area contributed by atoms with Crippen LogP contribution in [0.25, 0.3) is 0 Å². The highest BCUT2D eigenvalue weighted by atomic mass is 16.3. The Hall–Kier alpha value is -1.75. The number of carbonyl (C=O) groups excluding carboxylic acids is 3. The number of nitrogens with zero attached hydrogens (tertiary/aromatic N) is 1. The summed E-state index contributed by atoms with van der Waals surface area (Å²) in [5.74, 6) is -1.13. The number of aliphatic hydroxyl groups is 1. The third kappa shape index (κ3) is 1.69. The van der Waals surface area contributed by atoms with Crippen LogP contribution >= 0.6 is 0 Å². The topological polar surface area (TPSA) is 74.7 Å². The first kappa shape index (κ1) is 16.1. The number of hydrogen-bond donors (Lipinski definition) is 1. The van der Waals surface area contributed by atoms with Crippen LogP contribution in [-0.2, 0) is 14.4 Å².